The lowest BCUT2D eigenvalue weighted by molar-refractivity contribution is -0.385. The van der Waals surface area contributed by atoms with Crippen molar-refractivity contribution >= 4 is 5.69 Å². The van der Waals surface area contributed by atoms with Crippen molar-refractivity contribution in [2.24, 2.45) is 5.73 Å². The molecule has 0 aliphatic carbocycles. The fourth-order valence-corrected chi connectivity index (χ4v) is 1.45. The summed E-state index contributed by atoms with van der Waals surface area (Å²) < 4.78 is 1.36. The standard InChI is InChI=1S/C10H15N3O3/c1-8-6-10(14)12(5-3-2-4-11)7-9(8)13(15)16/h6-7H,2-5,11H2,1H3. The number of nitrogens with two attached hydrogens (primary N) is 1. The number of rotatable bonds is 5. The number of nitro groups is 1. The van der Waals surface area contributed by atoms with Crippen molar-refractivity contribution in [1.29, 1.82) is 0 Å². The number of pyridine rings is 1. The SMILES string of the molecule is Cc1cc(=O)n(CCCCN)cc1[N+](=O)[O-]. The van der Waals surface area contributed by atoms with Crippen LogP contribution in [0, 0.1) is 17.0 Å². The van der Waals surface area contributed by atoms with Crippen LogP contribution in [0.2, 0.25) is 0 Å². The highest BCUT2D eigenvalue weighted by molar-refractivity contribution is 5.35. The van der Waals surface area contributed by atoms with Crippen molar-refractivity contribution in [2.75, 3.05) is 6.54 Å². The molecule has 0 aromatic carbocycles. The Hall–Kier alpha value is -1.69. The monoisotopic (exact) mass is 225 g/mol. The van der Waals surface area contributed by atoms with Gasteiger partial charge in [0, 0.05) is 18.2 Å². The van der Waals surface area contributed by atoms with Crippen LogP contribution in [0.4, 0.5) is 5.69 Å². The predicted molar refractivity (Wildman–Crippen MR) is 60.4 cm³/mol. The Balaban J connectivity index is 2.96. The molecule has 0 amide bonds. The summed E-state index contributed by atoms with van der Waals surface area (Å²) in [5.41, 5.74) is 5.50. The molecule has 0 spiro atoms. The van der Waals surface area contributed by atoms with Crippen LogP contribution < -0.4 is 11.3 Å². The molecule has 0 unspecified atom stereocenters. The van der Waals surface area contributed by atoms with Gasteiger partial charge in [-0.15, -0.1) is 0 Å². The van der Waals surface area contributed by atoms with Crippen LogP contribution in [-0.4, -0.2) is 16.0 Å². The molecule has 1 aromatic rings. The molecule has 88 valence electrons. The zero-order chi connectivity index (χ0) is 12.1. The number of nitrogens with zero attached hydrogens (tertiary/aromatic N) is 2. The Bertz CT molecular complexity index is 439. The van der Waals surface area contributed by atoms with E-state index in [2.05, 4.69) is 0 Å². The fourth-order valence-electron chi connectivity index (χ4n) is 1.45. The molecule has 1 aromatic heterocycles. The Morgan fingerprint density at radius 2 is 2.19 bits per heavy atom. The van der Waals surface area contributed by atoms with Gasteiger partial charge in [-0.3, -0.25) is 14.9 Å². The van der Waals surface area contributed by atoms with E-state index in [1.165, 1.54) is 16.8 Å². The maximum absolute atomic E-state index is 11.5. The average Bonchev–Trinajstić information content (AvgIpc) is 2.21. The fraction of sp³-hybridized carbons (Fsp3) is 0.500. The molecule has 0 bridgehead atoms. The van der Waals surface area contributed by atoms with Gasteiger partial charge in [-0.05, 0) is 26.3 Å². The second-order valence-corrected chi connectivity index (χ2v) is 3.63. The van der Waals surface area contributed by atoms with Gasteiger partial charge in [0.15, 0.2) is 0 Å². The first-order chi connectivity index (χ1) is 7.56. The summed E-state index contributed by atoms with van der Waals surface area (Å²) in [5, 5.41) is 10.7. The Labute approximate surface area is 92.8 Å². The first-order valence-electron chi connectivity index (χ1n) is 5.12. The first kappa shape index (κ1) is 12.4. The van der Waals surface area contributed by atoms with Gasteiger partial charge < -0.3 is 10.3 Å². The van der Waals surface area contributed by atoms with Crippen molar-refractivity contribution < 1.29 is 4.92 Å². The van der Waals surface area contributed by atoms with Gasteiger partial charge in [-0.25, -0.2) is 0 Å². The zero-order valence-corrected chi connectivity index (χ0v) is 9.18. The van der Waals surface area contributed by atoms with Gasteiger partial charge in [-0.2, -0.15) is 0 Å². The Morgan fingerprint density at radius 1 is 1.50 bits per heavy atom. The van der Waals surface area contributed by atoms with Gasteiger partial charge in [0.05, 0.1) is 11.1 Å². The van der Waals surface area contributed by atoms with Gasteiger partial charge in [0.25, 0.3) is 11.2 Å². The molecule has 0 saturated carbocycles. The third-order valence-electron chi connectivity index (χ3n) is 2.36. The van der Waals surface area contributed by atoms with E-state index in [9.17, 15) is 14.9 Å². The van der Waals surface area contributed by atoms with Crippen LogP contribution in [0.1, 0.15) is 18.4 Å². The lowest BCUT2D eigenvalue weighted by atomic mass is 10.2. The van der Waals surface area contributed by atoms with Gasteiger partial charge >= 0.3 is 0 Å². The molecule has 16 heavy (non-hydrogen) atoms. The van der Waals surface area contributed by atoms with Crippen LogP contribution in [0.5, 0.6) is 0 Å². The van der Waals surface area contributed by atoms with Crippen molar-refractivity contribution in [1.82, 2.24) is 4.57 Å². The maximum Gasteiger partial charge on any atom is 0.288 e. The van der Waals surface area contributed by atoms with Gasteiger partial charge in [0.1, 0.15) is 0 Å². The summed E-state index contributed by atoms with van der Waals surface area (Å²) in [4.78, 5) is 21.7. The molecule has 1 rings (SSSR count). The van der Waals surface area contributed by atoms with Crippen molar-refractivity contribution in [3.05, 3.63) is 38.3 Å². The molecular weight excluding hydrogens is 210 g/mol. The highest BCUT2D eigenvalue weighted by Gasteiger charge is 2.12. The van der Waals surface area contributed by atoms with Crippen LogP contribution in [0.3, 0.4) is 0 Å². The van der Waals surface area contributed by atoms with E-state index in [1.54, 1.807) is 6.92 Å². The minimum absolute atomic E-state index is 0.0210. The van der Waals surface area contributed by atoms with E-state index in [1.807, 2.05) is 0 Å². The largest absolute Gasteiger partial charge is 0.330 e. The maximum atomic E-state index is 11.5. The van der Waals surface area contributed by atoms with Crippen LogP contribution in [0.25, 0.3) is 0 Å². The minimum atomic E-state index is -0.478. The lowest BCUT2D eigenvalue weighted by Crippen LogP contribution is -2.20. The molecular formula is C10H15N3O3. The summed E-state index contributed by atoms with van der Waals surface area (Å²) in [6.45, 7) is 2.59. The third-order valence-corrected chi connectivity index (χ3v) is 2.36. The second kappa shape index (κ2) is 5.41. The molecule has 6 nitrogen and oxygen atoms in total. The summed E-state index contributed by atoms with van der Waals surface area (Å²) in [6, 6.07) is 1.29. The Kier molecular flexibility index (Phi) is 4.19. The highest BCUT2D eigenvalue weighted by Crippen LogP contribution is 2.14. The second-order valence-electron chi connectivity index (χ2n) is 3.63. The number of unbranched alkanes of at least 4 members (excludes halogenated alkanes) is 1. The Morgan fingerprint density at radius 3 is 2.75 bits per heavy atom. The quantitative estimate of drug-likeness (QED) is 0.456. The summed E-state index contributed by atoms with van der Waals surface area (Å²) in [5.74, 6) is 0. The van der Waals surface area contributed by atoms with Crippen molar-refractivity contribution in [2.45, 2.75) is 26.3 Å². The van der Waals surface area contributed by atoms with E-state index >= 15 is 0 Å². The molecule has 0 atom stereocenters. The van der Waals surface area contributed by atoms with Gasteiger partial charge in [-0.1, -0.05) is 0 Å². The molecule has 6 heteroatoms. The number of hydrogen-bond acceptors (Lipinski definition) is 4. The molecule has 0 aliphatic heterocycles. The molecule has 2 N–H and O–H groups in total. The van der Waals surface area contributed by atoms with Crippen molar-refractivity contribution in [3.8, 4) is 0 Å². The van der Waals surface area contributed by atoms with Crippen molar-refractivity contribution in [3.63, 3.8) is 0 Å². The third kappa shape index (κ3) is 2.90. The topological polar surface area (TPSA) is 91.2 Å². The summed E-state index contributed by atoms with van der Waals surface area (Å²) in [7, 11) is 0. The smallest absolute Gasteiger partial charge is 0.288 e. The number of aryl methyl sites for hydroxylation is 2. The van der Waals surface area contributed by atoms with E-state index in [-0.39, 0.29) is 11.2 Å². The molecule has 0 saturated heterocycles. The van der Waals surface area contributed by atoms with Crippen LogP contribution in [0.15, 0.2) is 17.1 Å². The molecule has 0 aliphatic rings. The van der Waals surface area contributed by atoms with Gasteiger partial charge in [0.2, 0.25) is 0 Å². The summed E-state index contributed by atoms with van der Waals surface area (Å²) in [6.07, 6.45) is 2.85. The van der Waals surface area contributed by atoms with E-state index in [0.717, 1.165) is 12.8 Å². The highest BCUT2D eigenvalue weighted by atomic mass is 16.6. The summed E-state index contributed by atoms with van der Waals surface area (Å²) >= 11 is 0. The lowest BCUT2D eigenvalue weighted by Gasteiger charge is -2.05. The molecule has 1 heterocycles. The van der Waals surface area contributed by atoms with Crippen LogP contribution >= 0.6 is 0 Å². The first-order valence-corrected chi connectivity index (χ1v) is 5.12. The minimum Gasteiger partial charge on any atom is -0.330 e. The van der Waals surface area contributed by atoms with E-state index in [4.69, 9.17) is 5.73 Å². The van der Waals surface area contributed by atoms with Crippen LogP contribution in [-0.2, 0) is 6.54 Å². The molecule has 0 radical (unpaired) electrons. The number of aromatic nitrogens is 1. The average molecular weight is 225 g/mol. The molecule has 0 fully saturated rings. The van der Waals surface area contributed by atoms with E-state index < -0.39 is 4.92 Å². The van der Waals surface area contributed by atoms with E-state index in [0.29, 0.717) is 18.7 Å². The predicted octanol–water partition coefficient (Wildman–Crippen LogP) is 0.804. The normalized spacial score (nSPS) is 10.4. The number of hydrogen-bond donors (Lipinski definition) is 1. The zero-order valence-electron chi connectivity index (χ0n) is 9.18.